The van der Waals surface area contributed by atoms with E-state index in [1.807, 2.05) is 44.2 Å². The maximum absolute atomic E-state index is 15.4. The van der Waals surface area contributed by atoms with Gasteiger partial charge in [0.25, 0.3) is 5.91 Å². The highest BCUT2D eigenvalue weighted by atomic mass is 19.1. The normalized spacial score (nSPS) is 13.5. The van der Waals surface area contributed by atoms with Gasteiger partial charge in [0.05, 0.1) is 36.6 Å². The molecule has 6 heteroatoms. The molecule has 1 N–H and O–H groups in total. The van der Waals surface area contributed by atoms with Crippen molar-refractivity contribution < 1.29 is 19.0 Å². The van der Waals surface area contributed by atoms with Crippen molar-refractivity contribution in [2.24, 2.45) is 5.92 Å². The van der Waals surface area contributed by atoms with E-state index in [-0.39, 0.29) is 18.4 Å². The number of nitrogens with zero attached hydrogens (tertiary/aromatic N) is 2. The molecule has 1 aliphatic heterocycles. The van der Waals surface area contributed by atoms with Crippen LogP contribution in [-0.2, 0) is 18.7 Å². The summed E-state index contributed by atoms with van der Waals surface area (Å²) in [5.74, 6) is 0.118. The molecule has 0 saturated heterocycles. The Morgan fingerprint density at radius 3 is 2.52 bits per heavy atom. The van der Waals surface area contributed by atoms with Crippen LogP contribution in [0.1, 0.15) is 54.9 Å². The van der Waals surface area contributed by atoms with E-state index in [1.54, 1.807) is 37.1 Å². The first-order chi connectivity index (χ1) is 15.6. The van der Waals surface area contributed by atoms with Crippen molar-refractivity contribution in [2.45, 2.75) is 46.4 Å². The van der Waals surface area contributed by atoms with E-state index in [0.29, 0.717) is 41.3 Å². The number of carbonyl (C=O) groups is 1. The highest BCUT2D eigenvalue weighted by molar-refractivity contribution is 5.97. The van der Waals surface area contributed by atoms with Gasteiger partial charge in [0.15, 0.2) is 0 Å². The van der Waals surface area contributed by atoms with E-state index in [0.717, 1.165) is 11.1 Å². The smallest absolute Gasteiger partial charge is 0.256 e. The minimum absolute atomic E-state index is 0.104. The van der Waals surface area contributed by atoms with Gasteiger partial charge in [0.2, 0.25) is 0 Å². The number of hydrogen-bond donors (Lipinski definition) is 1. The summed E-state index contributed by atoms with van der Waals surface area (Å²) >= 11 is 0. The molecule has 2 heterocycles. The van der Waals surface area contributed by atoms with Crippen molar-refractivity contribution in [1.29, 1.82) is 0 Å². The summed E-state index contributed by atoms with van der Waals surface area (Å²) in [5.41, 5.74) is 2.94. The summed E-state index contributed by atoms with van der Waals surface area (Å²) in [4.78, 5) is 18.7. The third-order valence-electron chi connectivity index (χ3n) is 5.75. The first-order valence-corrected chi connectivity index (χ1v) is 11.1. The Balaban J connectivity index is 1.67. The summed E-state index contributed by atoms with van der Waals surface area (Å²) in [6.07, 6.45) is 1.66. The molecular formula is C27H29FN2O3. The van der Waals surface area contributed by atoms with Gasteiger partial charge in [-0.05, 0) is 60.7 Å². The van der Waals surface area contributed by atoms with Gasteiger partial charge in [0, 0.05) is 11.8 Å². The molecule has 1 aromatic heterocycles. The van der Waals surface area contributed by atoms with Crippen molar-refractivity contribution in [3.63, 3.8) is 0 Å². The van der Waals surface area contributed by atoms with Gasteiger partial charge in [-0.2, -0.15) is 0 Å². The number of benzene rings is 2. The minimum atomic E-state index is -0.951. The Hall–Kier alpha value is -3.25. The molecule has 0 unspecified atom stereocenters. The predicted octanol–water partition coefficient (Wildman–Crippen LogP) is 5.31. The largest absolute Gasteiger partial charge is 0.493 e. The zero-order valence-electron chi connectivity index (χ0n) is 19.4. The van der Waals surface area contributed by atoms with Crippen LogP contribution in [0.5, 0.6) is 5.75 Å². The lowest BCUT2D eigenvalue weighted by molar-refractivity contribution is 0.0761. The lowest BCUT2D eigenvalue weighted by Crippen LogP contribution is -2.24. The summed E-state index contributed by atoms with van der Waals surface area (Å²) in [7, 11) is 0. The molecule has 33 heavy (non-hydrogen) atoms. The highest BCUT2D eigenvalue weighted by Crippen LogP contribution is 2.34. The van der Waals surface area contributed by atoms with Crippen molar-refractivity contribution in [1.82, 2.24) is 9.88 Å². The number of fused-ring (bicyclic) bond motifs is 1. The molecule has 172 valence electrons. The molecule has 0 atom stereocenters. The first-order valence-electron chi connectivity index (χ1n) is 11.1. The first kappa shape index (κ1) is 22.9. The molecule has 5 nitrogen and oxygen atoms in total. The zero-order valence-corrected chi connectivity index (χ0v) is 19.4. The lowest BCUT2D eigenvalue weighted by atomic mass is 9.95. The van der Waals surface area contributed by atoms with Gasteiger partial charge in [-0.3, -0.25) is 9.78 Å². The van der Waals surface area contributed by atoms with E-state index in [2.05, 4.69) is 4.98 Å². The van der Waals surface area contributed by atoms with Crippen LogP contribution >= 0.6 is 0 Å². The van der Waals surface area contributed by atoms with Crippen LogP contribution < -0.4 is 4.74 Å². The van der Waals surface area contributed by atoms with Crippen LogP contribution in [0.4, 0.5) is 4.39 Å². The predicted molar refractivity (Wildman–Crippen MR) is 125 cm³/mol. The van der Waals surface area contributed by atoms with Crippen LogP contribution in [0.2, 0.25) is 0 Å². The Morgan fingerprint density at radius 1 is 1.15 bits per heavy atom. The maximum Gasteiger partial charge on any atom is 0.256 e. The average Bonchev–Trinajstić information content (AvgIpc) is 3.09. The number of amides is 1. The Bertz CT molecular complexity index is 1170. The van der Waals surface area contributed by atoms with E-state index < -0.39 is 11.4 Å². The van der Waals surface area contributed by atoms with Crippen LogP contribution in [0.15, 0.2) is 54.7 Å². The van der Waals surface area contributed by atoms with Gasteiger partial charge < -0.3 is 14.7 Å². The van der Waals surface area contributed by atoms with E-state index in [1.165, 1.54) is 6.07 Å². The van der Waals surface area contributed by atoms with Crippen molar-refractivity contribution in [2.75, 3.05) is 6.61 Å². The fourth-order valence-electron chi connectivity index (χ4n) is 3.89. The second-order valence-corrected chi connectivity index (χ2v) is 9.43. The van der Waals surface area contributed by atoms with Crippen LogP contribution in [0.3, 0.4) is 0 Å². The Labute approximate surface area is 193 Å². The SMILES string of the molecule is CC(C)COc1cc(-c2ccc(C(C)(C)O)cc2)cc(F)c1CN1Cc2ncccc2C1=O. The maximum atomic E-state index is 15.4. The number of carbonyl (C=O) groups excluding carboxylic acids is 1. The molecule has 0 radical (unpaired) electrons. The third-order valence-corrected chi connectivity index (χ3v) is 5.75. The number of halogens is 1. The summed E-state index contributed by atoms with van der Waals surface area (Å²) in [6.45, 7) is 8.39. The molecule has 0 spiro atoms. The Kier molecular flexibility index (Phi) is 6.21. The van der Waals surface area contributed by atoms with Crippen LogP contribution in [0.25, 0.3) is 11.1 Å². The molecule has 1 aliphatic rings. The summed E-state index contributed by atoms with van der Waals surface area (Å²) < 4.78 is 21.4. The summed E-state index contributed by atoms with van der Waals surface area (Å²) in [6, 6.07) is 14.2. The van der Waals surface area contributed by atoms with Crippen molar-refractivity contribution in [3.8, 4) is 16.9 Å². The highest BCUT2D eigenvalue weighted by Gasteiger charge is 2.30. The number of pyridine rings is 1. The fourth-order valence-corrected chi connectivity index (χ4v) is 3.89. The molecule has 2 aromatic carbocycles. The van der Waals surface area contributed by atoms with Gasteiger partial charge in [-0.15, -0.1) is 0 Å². The third kappa shape index (κ3) is 4.91. The van der Waals surface area contributed by atoms with E-state index in [9.17, 15) is 9.90 Å². The number of rotatable bonds is 7. The molecule has 3 aromatic rings. The molecule has 1 amide bonds. The van der Waals surface area contributed by atoms with Crippen LogP contribution in [0, 0.1) is 11.7 Å². The second kappa shape index (κ2) is 8.94. The Morgan fingerprint density at radius 2 is 1.88 bits per heavy atom. The fraction of sp³-hybridized carbons (Fsp3) is 0.333. The number of hydrogen-bond acceptors (Lipinski definition) is 4. The van der Waals surface area contributed by atoms with Crippen LogP contribution in [-0.4, -0.2) is 27.5 Å². The average molecular weight is 449 g/mol. The molecule has 0 saturated carbocycles. The topological polar surface area (TPSA) is 62.7 Å². The summed E-state index contributed by atoms with van der Waals surface area (Å²) in [5, 5.41) is 10.2. The standard InChI is InChI=1S/C27H29FN2O3/c1-17(2)16-33-25-13-19(18-7-9-20(10-8-18)27(3,4)32)12-23(28)22(25)14-30-15-24-21(26(30)31)6-5-11-29-24/h5-13,17,32H,14-16H2,1-4H3. The van der Waals surface area contributed by atoms with E-state index >= 15 is 4.39 Å². The van der Waals surface area contributed by atoms with Crippen molar-refractivity contribution in [3.05, 3.63) is 82.9 Å². The van der Waals surface area contributed by atoms with Crippen molar-refractivity contribution >= 4 is 5.91 Å². The molecular weight excluding hydrogens is 419 g/mol. The number of ether oxygens (including phenoxy) is 1. The monoisotopic (exact) mass is 448 g/mol. The molecule has 4 rings (SSSR count). The number of aromatic nitrogens is 1. The molecule has 0 aliphatic carbocycles. The zero-order chi connectivity index (χ0) is 23.8. The van der Waals surface area contributed by atoms with Gasteiger partial charge in [-0.25, -0.2) is 4.39 Å². The second-order valence-electron chi connectivity index (χ2n) is 9.43. The molecule has 0 bridgehead atoms. The van der Waals surface area contributed by atoms with Gasteiger partial charge in [-0.1, -0.05) is 38.1 Å². The quantitative estimate of drug-likeness (QED) is 0.532. The van der Waals surface area contributed by atoms with E-state index in [4.69, 9.17) is 4.74 Å². The van der Waals surface area contributed by atoms with Gasteiger partial charge >= 0.3 is 0 Å². The minimum Gasteiger partial charge on any atom is -0.493 e. The number of aliphatic hydroxyl groups is 1. The van der Waals surface area contributed by atoms with Gasteiger partial charge in [0.1, 0.15) is 11.6 Å². The molecule has 0 fully saturated rings. The lowest BCUT2D eigenvalue weighted by Gasteiger charge is -2.21.